The zero-order chi connectivity index (χ0) is 16.5. The molecule has 5 nitrogen and oxygen atoms in total. The van der Waals surface area contributed by atoms with E-state index in [1.165, 1.54) is 0 Å². The molecule has 0 aliphatic carbocycles. The quantitative estimate of drug-likeness (QED) is 0.722. The third-order valence-electron chi connectivity index (χ3n) is 2.64. The Bertz CT molecular complexity index is 327. The van der Waals surface area contributed by atoms with Crippen molar-refractivity contribution < 1.29 is 14.3 Å². The van der Waals surface area contributed by atoms with E-state index in [1.54, 1.807) is 32.5 Å². The molecule has 0 saturated carbocycles. The van der Waals surface area contributed by atoms with Gasteiger partial charge in [0.2, 0.25) is 5.91 Å². The minimum absolute atomic E-state index is 0.143. The van der Waals surface area contributed by atoms with Gasteiger partial charge < -0.3 is 15.4 Å². The van der Waals surface area contributed by atoms with E-state index in [-0.39, 0.29) is 5.91 Å². The van der Waals surface area contributed by atoms with E-state index in [0.29, 0.717) is 18.9 Å². The van der Waals surface area contributed by atoms with Gasteiger partial charge >= 0.3 is 6.09 Å². The van der Waals surface area contributed by atoms with Crippen LogP contribution in [0.15, 0.2) is 0 Å². The van der Waals surface area contributed by atoms with E-state index in [1.807, 2.05) is 6.26 Å². The second-order valence-corrected chi connectivity index (χ2v) is 7.44. The van der Waals surface area contributed by atoms with Gasteiger partial charge in [0.05, 0.1) is 0 Å². The third kappa shape index (κ3) is 11.4. The molecule has 1 atom stereocenters. The summed E-state index contributed by atoms with van der Waals surface area (Å²) in [5.74, 6) is 1.20. The minimum Gasteiger partial charge on any atom is -0.444 e. The standard InChI is InChI=1S/C15H30N2O3S/c1-11(2)7-9-16-13(18)12(8-10-21-6)17-14(19)20-15(3,4)5/h11-12H,7-10H2,1-6H3,(H,16,18)(H,17,19). The monoisotopic (exact) mass is 318 g/mol. The van der Waals surface area contributed by atoms with Gasteiger partial charge in [-0.15, -0.1) is 0 Å². The smallest absolute Gasteiger partial charge is 0.408 e. The van der Waals surface area contributed by atoms with E-state index in [0.717, 1.165) is 12.2 Å². The Morgan fingerprint density at radius 3 is 2.29 bits per heavy atom. The molecule has 0 radical (unpaired) electrons. The van der Waals surface area contributed by atoms with Crippen LogP contribution in [0.3, 0.4) is 0 Å². The van der Waals surface area contributed by atoms with Gasteiger partial charge in [-0.1, -0.05) is 13.8 Å². The number of carbonyl (C=O) groups is 2. The number of ether oxygens (including phenoxy) is 1. The molecular weight excluding hydrogens is 288 g/mol. The van der Waals surface area contributed by atoms with Crippen LogP contribution in [0, 0.1) is 5.92 Å². The zero-order valence-electron chi connectivity index (χ0n) is 14.1. The summed E-state index contributed by atoms with van der Waals surface area (Å²) >= 11 is 1.64. The fourth-order valence-corrected chi connectivity index (χ4v) is 2.03. The molecule has 0 aromatic rings. The molecule has 2 N–H and O–H groups in total. The molecule has 0 aliphatic heterocycles. The lowest BCUT2D eigenvalue weighted by Gasteiger charge is -2.23. The van der Waals surface area contributed by atoms with Gasteiger partial charge in [0, 0.05) is 6.54 Å². The number of hydrogen-bond acceptors (Lipinski definition) is 4. The maximum Gasteiger partial charge on any atom is 0.408 e. The van der Waals surface area contributed by atoms with Gasteiger partial charge in [0.15, 0.2) is 0 Å². The van der Waals surface area contributed by atoms with Crippen molar-refractivity contribution in [3.63, 3.8) is 0 Å². The lowest BCUT2D eigenvalue weighted by Crippen LogP contribution is -2.48. The second kappa shape index (κ2) is 9.92. The average molecular weight is 318 g/mol. The third-order valence-corrected chi connectivity index (χ3v) is 3.28. The predicted molar refractivity (Wildman–Crippen MR) is 88.6 cm³/mol. The Morgan fingerprint density at radius 1 is 1.19 bits per heavy atom. The molecule has 0 spiro atoms. The van der Waals surface area contributed by atoms with Crippen LogP contribution >= 0.6 is 11.8 Å². The van der Waals surface area contributed by atoms with Crippen molar-refractivity contribution in [3.8, 4) is 0 Å². The van der Waals surface area contributed by atoms with Crippen molar-refractivity contribution >= 4 is 23.8 Å². The minimum atomic E-state index is -0.567. The van der Waals surface area contributed by atoms with E-state index in [2.05, 4.69) is 24.5 Å². The summed E-state index contributed by atoms with van der Waals surface area (Å²) in [6.45, 7) is 10.2. The Kier molecular flexibility index (Phi) is 9.49. The summed E-state index contributed by atoms with van der Waals surface area (Å²) in [5.41, 5.74) is -0.567. The molecule has 0 aromatic heterocycles. The number of carbonyl (C=O) groups excluding carboxylic acids is 2. The van der Waals surface area contributed by atoms with Crippen molar-refractivity contribution in [1.29, 1.82) is 0 Å². The summed E-state index contributed by atoms with van der Waals surface area (Å²) in [4.78, 5) is 23.9. The van der Waals surface area contributed by atoms with Crippen LogP contribution in [0.5, 0.6) is 0 Å². The Labute approximate surface area is 133 Å². The molecule has 21 heavy (non-hydrogen) atoms. The molecule has 1 unspecified atom stereocenters. The molecular formula is C15H30N2O3S. The number of nitrogens with one attached hydrogen (secondary N) is 2. The fourth-order valence-electron chi connectivity index (χ4n) is 1.56. The largest absolute Gasteiger partial charge is 0.444 e. The van der Waals surface area contributed by atoms with Crippen LogP contribution in [0.25, 0.3) is 0 Å². The maximum absolute atomic E-state index is 12.1. The summed E-state index contributed by atoms with van der Waals surface area (Å²) in [6.07, 6.45) is 2.94. The molecule has 0 aliphatic rings. The molecule has 0 bridgehead atoms. The first-order valence-electron chi connectivity index (χ1n) is 7.42. The van der Waals surface area contributed by atoms with E-state index in [9.17, 15) is 9.59 Å². The molecule has 0 heterocycles. The van der Waals surface area contributed by atoms with Crippen molar-refractivity contribution in [2.45, 2.75) is 59.1 Å². The normalized spacial score (nSPS) is 12.9. The predicted octanol–water partition coefficient (Wildman–Crippen LogP) is 2.80. The van der Waals surface area contributed by atoms with Gasteiger partial charge in [-0.05, 0) is 51.5 Å². The van der Waals surface area contributed by atoms with E-state index in [4.69, 9.17) is 4.74 Å². The number of amides is 2. The molecule has 0 fully saturated rings. The Balaban J connectivity index is 4.42. The highest BCUT2D eigenvalue weighted by Gasteiger charge is 2.23. The van der Waals surface area contributed by atoms with E-state index >= 15 is 0 Å². The fraction of sp³-hybridized carbons (Fsp3) is 0.867. The first kappa shape index (κ1) is 20.1. The van der Waals surface area contributed by atoms with Crippen LogP contribution < -0.4 is 10.6 Å². The zero-order valence-corrected chi connectivity index (χ0v) is 14.9. The summed E-state index contributed by atoms with van der Waals surface area (Å²) in [6, 6.07) is -0.542. The highest BCUT2D eigenvalue weighted by atomic mass is 32.2. The lowest BCUT2D eigenvalue weighted by molar-refractivity contribution is -0.123. The van der Waals surface area contributed by atoms with Gasteiger partial charge in [-0.2, -0.15) is 11.8 Å². The van der Waals surface area contributed by atoms with Crippen LogP contribution in [0.4, 0.5) is 4.79 Å². The van der Waals surface area contributed by atoms with Crippen molar-refractivity contribution in [2.24, 2.45) is 5.92 Å². The number of alkyl carbamates (subject to hydrolysis) is 1. The van der Waals surface area contributed by atoms with Crippen LogP contribution in [-0.2, 0) is 9.53 Å². The molecule has 0 aromatic carbocycles. The highest BCUT2D eigenvalue weighted by molar-refractivity contribution is 7.98. The number of thioether (sulfide) groups is 1. The van der Waals surface area contributed by atoms with Crippen LogP contribution in [0.2, 0.25) is 0 Å². The SMILES string of the molecule is CSCCC(NC(=O)OC(C)(C)C)C(=O)NCCC(C)C. The highest BCUT2D eigenvalue weighted by Crippen LogP contribution is 2.08. The maximum atomic E-state index is 12.1. The van der Waals surface area contributed by atoms with Gasteiger partial charge in [-0.3, -0.25) is 4.79 Å². The number of rotatable bonds is 8. The molecule has 0 rings (SSSR count). The van der Waals surface area contributed by atoms with Gasteiger partial charge in [0.1, 0.15) is 11.6 Å². The topological polar surface area (TPSA) is 67.4 Å². The Hall–Kier alpha value is -0.910. The van der Waals surface area contributed by atoms with E-state index < -0.39 is 17.7 Å². The summed E-state index contributed by atoms with van der Waals surface area (Å²) < 4.78 is 5.20. The first-order chi connectivity index (χ1) is 9.65. The molecule has 2 amide bonds. The average Bonchev–Trinajstić information content (AvgIpc) is 2.31. The first-order valence-corrected chi connectivity index (χ1v) is 8.81. The van der Waals surface area contributed by atoms with Gasteiger partial charge in [-0.25, -0.2) is 4.79 Å². The van der Waals surface area contributed by atoms with Crippen molar-refractivity contribution in [2.75, 3.05) is 18.6 Å². The van der Waals surface area contributed by atoms with Crippen LogP contribution in [-0.4, -0.2) is 42.2 Å². The van der Waals surface area contributed by atoms with Crippen molar-refractivity contribution in [3.05, 3.63) is 0 Å². The Morgan fingerprint density at radius 2 is 1.81 bits per heavy atom. The van der Waals surface area contributed by atoms with Crippen molar-refractivity contribution in [1.82, 2.24) is 10.6 Å². The second-order valence-electron chi connectivity index (χ2n) is 6.45. The number of hydrogen-bond donors (Lipinski definition) is 2. The summed E-state index contributed by atoms with van der Waals surface area (Å²) in [5, 5.41) is 5.53. The van der Waals surface area contributed by atoms with Gasteiger partial charge in [0.25, 0.3) is 0 Å². The lowest BCUT2D eigenvalue weighted by atomic mass is 10.1. The summed E-state index contributed by atoms with van der Waals surface area (Å²) in [7, 11) is 0. The molecule has 124 valence electrons. The molecule has 0 saturated heterocycles. The van der Waals surface area contributed by atoms with Crippen LogP contribution in [0.1, 0.15) is 47.5 Å². The molecule has 6 heteroatoms.